The van der Waals surface area contributed by atoms with Gasteiger partial charge in [-0.05, 0) is 151 Å². The van der Waals surface area contributed by atoms with Crippen LogP contribution in [0.25, 0.3) is 86.9 Å². The monoisotopic (exact) mass is 975 g/mol. The van der Waals surface area contributed by atoms with Crippen molar-refractivity contribution in [3.63, 3.8) is 0 Å². The minimum absolute atomic E-state index is 0.147. The lowest BCUT2D eigenvalue weighted by molar-refractivity contribution is 0.742. The highest BCUT2D eigenvalue weighted by molar-refractivity contribution is 7.25. The van der Waals surface area contributed by atoms with Gasteiger partial charge in [0.15, 0.2) is 6.17 Å². The molecule has 0 saturated heterocycles. The van der Waals surface area contributed by atoms with E-state index < -0.39 is 6.17 Å². The lowest BCUT2D eigenvalue weighted by Crippen LogP contribution is -2.36. The number of amidine groups is 2. The predicted octanol–water partition coefficient (Wildman–Crippen LogP) is 18.2. The Morgan fingerprint density at radius 3 is 1.35 bits per heavy atom. The number of fused-ring (bicyclic) bond motifs is 6. The summed E-state index contributed by atoms with van der Waals surface area (Å²) in [5.41, 5.74) is 20.9. The summed E-state index contributed by atoms with van der Waals surface area (Å²) < 4.78 is 2.62. The number of benzene rings is 11. The fourth-order valence-electron chi connectivity index (χ4n) is 11.4. The fourth-order valence-corrected chi connectivity index (χ4v) is 12.5. The average Bonchev–Trinajstić information content (AvgIpc) is 3.88. The zero-order valence-electron chi connectivity index (χ0n) is 41.1. The lowest BCUT2D eigenvalue weighted by atomic mass is 9.73. The van der Waals surface area contributed by atoms with E-state index in [1.54, 1.807) is 0 Å². The van der Waals surface area contributed by atoms with Gasteiger partial charge in [-0.25, -0.2) is 9.98 Å². The molecule has 2 heterocycles. The Bertz CT molecular complexity index is 3900. The maximum Gasteiger partial charge on any atom is 0.170 e. The number of nitrogens with one attached hydrogen (secondary N) is 1. The second-order valence-electron chi connectivity index (χ2n) is 19.7. The molecule has 1 aliphatic heterocycles. The Hall–Kier alpha value is -9.22. The first kappa shape index (κ1) is 44.5. The van der Waals surface area contributed by atoms with E-state index in [9.17, 15) is 0 Å². The van der Waals surface area contributed by atoms with Crippen molar-refractivity contribution in [3.8, 4) is 66.8 Å². The molecule has 0 spiro atoms. The van der Waals surface area contributed by atoms with Crippen LogP contribution in [0.15, 0.2) is 277 Å². The quantitative estimate of drug-likeness (QED) is 0.154. The fraction of sp³-hybridized carbons (Fsp3) is 0.0423. The van der Waals surface area contributed by atoms with Crippen LogP contribution < -0.4 is 5.32 Å². The van der Waals surface area contributed by atoms with E-state index in [2.05, 4.69) is 272 Å². The summed E-state index contributed by atoms with van der Waals surface area (Å²) in [7, 11) is 0. The van der Waals surface area contributed by atoms with E-state index in [0.29, 0.717) is 0 Å². The van der Waals surface area contributed by atoms with Crippen LogP contribution in [-0.4, -0.2) is 11.7 Å². The van der Waals surface area contributed by atoms with Crippen LogP contribution in [0.1, 0.15) is 45.5 Å². The summed E-state index contributed by atoms with van der Waals surface area (Å²) in [5.74, 6) is 1.68. The number of hydrogen-bond donors (Lipinski definition) is 1. The Labute approximate surface area is 441 Å². The smallest absolute Gasteiger partial charge is 0.170 e. The third kappa shape index (κ3) is 8.45. The van der Waals surface area contributed by atoms with Crippen molar-refractivity contribution in [2.24, 2.45) is 9.98 Å². The van der Waals surface area contributed by atoms with E-state index in [-0.39, 0.29) is 5.92 Å². The number of nitrogens with zero attached hydrogens (tertiary/aromatic N) is 2. The van der Waals surface area contributed by atoms with E-state index in [4.69, 9.17) is 9.98 Å². The summed E-state index contributed by atoms with van der Waals surface area (Å²) in [6.45, 7) is 0. The number of aliphatic imine (C=N–C) groups is 2. The van der Waals surface area contributed by atoms with Crippen molar-refractivity contribution < 1.29 is 0 Å². The van der Waals surface area contributed by atoms with Crippen LogP contribution in [0.5, 0.6) is 0 Å². The van der Waals surface area contributed by atoms with Crippen LogP contribution in [0.2, 0.25) is 0 Å². The second kappa shape index (κ2) is 19.0. The molecule has 4 heteroatoms. The molecule has 1 unspecified atom stereocenters. The molecular weight excluding hydrogens is 927 g/mol. The Balaban J connectivity index is 0.995. The van der Waals surface area contributed by atoms with Crippen molar-refractivity contribution >= 4 is 43.2 Å². The van der Waals surface area contributed by atoms with Crippen LogP contribution in [0.4, 0.5) is 0 Å². The molecule has 354 valence electrons. The summed E-state index contributed by atoms with van der Waals surface area (Å²) in [4.78, 5) is 11.5. The maximum absolute atomic E-state index is 5.76. The maximum atomic E-state index is 5.76. The average molecular weight is 976 g/mol. The van der Waals surface area contributed by atoms with Gasteiger partial charge < -0.3 is 5.32 Å². The van der Waals surface area contributed by atoms with E-state index in [1.165, 1.54) is 59.1 Å². The molecule has 0 fully saturated rings. The van der Waals surface area contributed by atoms with Gasteiger partial charge in [-0.1, -0.05) is 206 Å². The molecule has 0 amide bonds. The summed E-state index contributed by atoms with van der Waals surface area (Å²) in [6.07, 6.45) is 0.301. The molecule has 1 aliphatic carbocycles. The zero-order valence-corrected chi connectivity index (χ0v) is 41.9. The molecule has 1 N–H and O–H groups in total. The molecule has 1 aromatic heterocycles. The minimum atomic E-state index is -0.591. The Morgan fingerprint density at radius 2 is 0.787 bits per heavy atom. The van der Waals surface area contributed by atoms with Gasteiger partial charge in [-0.15, -0.1) is 11.3 Å². The first-order valence-electron chi connectivity index (χ1n) is 25.8. The molecule has 0 bridgehead atoms. The van der Waals surface area contributed by atoms with Crippen LogP contribution in [0.3, 0.4) is 0 Å². The molecule has 14 rings (SSSR count). The van der Waals surface area contributed by atoms with E-state index in [0.717, 1.165) is 79.3 Å². The van der Waals surface area contributed by atoms with Crippen molar-refractivity contribution in [2.45, 2.75) is 18.5 Å². The molecule has 12 aromatic rings. The van der Waals surface area contributed by atoms with Gasteiger partial charge in [0.1, 0.15) is 11.7 Å². The van der Waals surface area contributed by atoms with Gasteiger partial charge >= 0.3 is 0 Å². The number of hydrogen-bond acceptors (Lipinski definition) is 4. The van der Waals surface area contributed by atoms with E-state index >= 15 is 0 Å². The van der Waals surface area contributed by atoms with Gasteiger partial charge in [0.25, 0.3) is 0 Å². The third-order valence-electron chi connectivity index (χ3n) is 15.1. The molecule has 1 atom stereocenters. The third-order valence-corrected chi connectivity index (χ3v) is 16.2. The minimum Gasteiger partial charge on any atom is -0.324 e. The summed E-state index contributed by atoms with van der Waals surface area (Å²) in [5, 5.41) is 6.49. The highest BCUT2D eigenvalue weighted by Crippen LogP contribution is 2.49. The van der Waals surface area contributed by atoms with Gasteiger partial charge in [-0.3, -0.25) is 0 Å². The topological polar surface area (TPSA) is 36.8 Å². The predicted molar refractivity (Wildman–Crippen MR) is 316 cm³/mol. The summed E-state index contributed by atoms with van der Waals surface area (Å²) >= 11 is 1.86. The Kier molecular flexibility index (Phi) is 11.3. The SMILES string of the molecule is c1ccc(-c2cc(C3=NC(c4cccc5c4-c4cc(-c6ccc7sc8ccccc8c7c6)ccc4CC5c4ccccc4)N=C(c4cc(-c5ccccc5)cc(-c5ccccc5)c4)N3)cc(-c3ccccc3)c2)cc1. The summed E-state index contributed by atoms with van der Waals surface area (Å²) in [6, 6.07) is 97.1. The highest BCUT2D eigenvalue weighted by atomic mass is 32.1. The molecule has 2 aliphatic rings. The highest BCUT2D eigenvalue weighted by Gasteiger charge is 2.32. The van der Waals surface area contributed by atoms with Crippen LogP contribution in [0, 0.1) is 0 Å². The van der Waals surface area contributed by atoms with Gasteiger partial charge in [0.2, 0.25) is 0 Å². The molecule has 11 aromatic carbocycles. The first-order chi connectivity index (χ1) is 37.1. The molecule has 0 radical (unpaired) electrons. The Morgan fingerprint density at radius 1 is 0.333 bits per heavy atom. The van der Waals surface area contributed by atoms with Crippen molar-refractivity contribution in [1.29, 1.82) is 0 Å². The van der Waals surface area contributed by atoms with Crippen molar-refractivity contribution in [1.82, 2.24) is 5.32 Å². The zero-order chi connectivity index (χ0) is 49.7. The van der Waals surface area contributed by atoms with Gasteiger partial charge in [0, 0.05) is 42.8 Å². The molecular formula is C71H49N3S. The first-order valence-corrected chi connectivity index (χ1v) is 26.6. The van der Waals surface area contributed by atoms with Gasteiger partial charge in [0.05, 0.1) is 0 Å². The van der Waals surface area contributed by atoms with Crippen LogP contribution in [-0.2, 0) is 6.42 Å². The standard InChI is InChI=1S/C71H49N3S/c1-6-19-46(20-7-1)54-37-55(47-21-8-2-9-22-47)40-58(39-54)69-72-70(59-41-56(48-23-10-3-11-24-48)38-57(42-59)49-25-12-4-13-26-49)74-71(73-69)62-31-18-30-61-63(50-27-14-5-15-28-50)45-53-34-33-51(43-64(53)68(61)62)52-35-36-67-65(44-52)60-29-16-17-32-66(60)75-67/h1-44,63,71H,45H2,(H,72,73,74). The van der Waals surface area contributed by atoms with Crippen molar-refractivity contribution in [3.05, 3.63) is 300 Å². The van der Waals surface area contributed by atoms with Gasteiger partial charge in [-0.2, -0.15) is 0 Å². The largest absolute Gasteiger partial charge is 0.324 e. The lowest BCUT2D eigenvalue weighted by Gasteiger charge is -2.32. The van der Waals surface area contributed by atoms with Crippen LogP contribution >= 0.6 is 11.3 Å². The molecule has 75 heavy (non-hydrogen) atoms. The number of thiophene rings is 1. The normalized spacial score (nSPS) is 14.2. The molecule has 0 saturated carbocycles. The van der Waals surface area contributed by atoms with Crippen molar-refractivity contribution in [2.75, 3.05) is 0 Å². The second-order valence-corrected chi connectivity index (χ2v) is 20.8. The number of rotatable bonds is 9. The molecule has 3 nitrogen and oxygen atoms in total. The van der Waals surface area contributed by atoms with E-state index in [1.807, 2.05) is 11.3 Å².